The molecule has 2 aromatic carbocycles. The van der Waals surface area contributed by atoms with Crippen molar-refractivity contribution in [1.29, 1.82) is 0 Å². The summed E-state index contributed by atoms with van der Waals surface area (Å²) in [5.41, 5.74) is 1.37. The predicted molar refractivity (Wildman–Crippen MR) is 91.0 cm³/mol. The van der Waals surface area contributed by atoms with Crippen LogP contribution in [0.3, 0.4) is 0 Å². The van der Waals surface area contributed by atoms with Gasteiger partial charge in [0.15, 0.2) is 5.71 Å². The van der Waals surface area contributed by atoms with E-state index in [4.69, 9.17) is 15.1 Å². The largest absolute Gasteiger partial charge is 0.486 e. The van der Waals surface area contributed by atoms with Crippen molar-refractivity contribution in [2.45, 2.75) is 13.0 Å². The second kappa shape index (κ2) is 7.10. The number of hydrogen-bond acceptors (Lipinski definition) is 6. The van der Waals surface area contributed by atoms with Crippen molar-refractivity contribution in [2.75, 3.05) is 0 Å². The molecule has 0 bridgehead atoms. The highest BCUT2D eigenvalue weighted by atomic mass is 32.1. The molecule has 2 N–H and O–H groups in total. The van der Waals surface area contributed by atoms with Crippen LogP contribution in [0.4, 0.5) is 0 Å². The minimum absolute atomic E-state index is 0.0456. The molecule has 3 aromatic rings. The summed E-state index contributed by atoms with van der Waals surface area (Å²) in [6.45, 7) is 0.372. The molecule has 0 atom stereocenters. The van der Waals surface area contributed by atoms with Gasteiger partial charge in [-0.15, -0.1) is 11.3 Å². The van der Waals surface area contributed by atoms with Crippen LogP contribution in [-0.4, -0.2) is 27.0 Å². The van der Waals surface area contributed by atoms with Gasteiger partial charge in [-0.05, 0) is 29.8 Å². The van der Waals surface area contributed by atoms with E-state index in [0.717, 1.165) is 20.8 Å². The lowest BCUT2D eigenvalue weighted by Gasteiger charge is -2.05. The van der Waals surface area contributed by atoms with E-state index in [1.807, 2.05) is 24.3 Å². The lowest BCUT2D eigenvalue weighted by atomic mass is 10.1. The molecule has 0 saturated carbocycles. The maximum absolute atomic E-state index is 10.8. The molecule has 0 spiro atoms. The second-order valence-electron chi connectivity index (χ2n) is 5.04. The van der Waals surface area contributed by atoms with Crippen molar-refractivity contribution in [3.05, 3.63) is 59.1 Å². The van der Waals surface area contributed by atoms with Gasteiger partial charge < -0.3 is 15.1 Å². The van der Waals surface area contributed by atoms with Gasteiger partial charge in [0.05, 0.1) is 10.2 Å². The summed E-state index contributed by atoms with van der Waals surface area (Å²) >= 11 is 1.59. The summed E-state index contributed by atoms with van der Waals surface area (Å²) in [6, 6.07) is 14.9. The number of rotatable bonds is 6. The van der Waals surface area contributed by atoms with E-state index in [-0.39, 0.29) is 12.1 Å². The Bertz CT molecular complexity index is 854. The lowest BCUT2D eigenvalue weighted by Crippen LogP contribution is -2.15. The normalized spacial score (nSPS) is 11.6. The number of ether oxygens (including phenoxy) is 1. The van der Waals surface area contributed by atoms with Crippen LogP contribution >= 0.6 is 11.3 Å². The summed E-state index contributed by atoms with van der Waals surface area (Å²) in [7, 11) is 0. The quantitative estimate of drug-likeness (QED) is 0.407. The van der Waals surface area contributed by atoms with E-state index >= 15 is 0 Å². The van der Waals surface area contributed by atoms with E-state index in [9.17, 15) is 4.79 Å². The van der Waals surface area contributed by atoms with Crippen LogP contribution < -0.4 is 4.74 Å². The molecule has 0 aliphatic carbocycles. The number of thiazole rings is 1. The van der Waals surface area contributed by atoms with E-state index in [1.54, 1.807) is 35.6 Å². The fourth-order valence-electron chi connectivity index (χ4n) is 2.18. The molecule has 0 fully saturated rings. The third-order valence-electron chi connectivity index (χ3n) is 3.36. The van der Waals surface area contributed by atoms with Gasteiger partial charge in [0.1, 0.15) is 17.4 Å². The third-order valence-corrected chi connectivity index (χ3v) is 4.37. The first-order chi connectivity index (χ1) is 11.7. The van der Waals surface area contributed by atoms with E-state index in [1.165, 1.54) is 0 Å². The highest BCUT2D eigenvalue weighted by Gasteiger charge is 2.11. The number of carbonyl (C=O) groups is 1. The zero-order valence-electron chi connectivity index (χ0n) is 12.5. The van der Waals surface area contributed by atoms with Gasteiger partial charge in [0, 0.05) is 6.42 Å². The number of nitrogens with zero attached hydrogens (tertiary/aromatic N) is 2. The summed E-state index contributed by atoms with van der Waals surface area (Å²) in [4.78, 5) is 15.3. The summed E-state index contributed by atoms with van der Waals surface area (Å²) in [6.07, 6.45) is 0.0456. The molecule has 0 aliphatic heterocycles. The van der Waals surface area contributed by atoms with Crippen molar-refractivity contribution in [2.24, 2.45) is 5.16 Å². The van der Waals surface area contributed by atoms with Crippen LogP contribution in [0, 0.1) is 0 Å². The van der Waals surface area contributed by atoms with Gasteiger partial charge in [-0.2, -0.15) is 0 Å². The standard InChI is InChI=1S/C17H14N2O4S/c20-17(21)14(19-22)9-11-5-7-12(8-6-11)23-10-16-18-13-3-1-2-4-15(13)24-16/h1-8,22H,9-10H2,(H,20,21)/b19-14-. The lowest BCUT2D eigenvalue weighted by molar-refractivity contribution is -0.129. The van der Waals surface area contributed by atoms with Gasteiger partial charge >= 0.3 is 5.97 Å². The smallest absolute Gasteiger partial charge is 0.354 e. The first-order valence-electron chi connectivity index (χ1n) is 7.16. The van der Waals surface area contributed by atoms with Crippen molar-refractivity contribution < 1.29 is 19.8 Å². The molecule has 3 rings (SSSR count). The van der Waals surface area contributed by atoms with Crippen LogP contribution in [0.5, 0.6) is 5.75 Å². The SMILES string of the molecule is O=C(O)/C(Cc1ccc(OCc2nc3ccccc3s2)cc1)=N\O. The molecule has 6 nitrogen and oxygen atoms in total. The van der Waals surface area contributed by atoms with Gasteiger partial charge in [0.2, 0.25) is 0 Å². The van der Waals surface area contributed by atoms with E-state index in [0.29, 0.717) is 12.4 Å². The number of aliphatic carboxylic acids is 1. The van der Waals surface area contributed by atoms with Crippen LogP contribution in [0.2, 0.25) is 0 Å². The molecular formula is C17H14N2O4S. The highest BCUT2D eigenvalue weighted by molar-refractivity contribution is 7.18. The Morgan fingerprint density at radius 1 is 1.17 bits per heavy atom. The second-order valence-corrected chi connectivity index (χ2v) is 6.15. The van der Waals surface area contributed by atoms with Crippen molar-refractivity contribution in [3.8, 4) is 5.75 Å². The summed E-state index contributed by atoms with van der Waals surface area (Å²) in [5, 5.41) is 21.2. The van der Waals surface area contributed by atoms with Crippen molar-refractivity contribution in [3.63, 3.8) is 0 Å². The number of hydrogen-bond donors (Lipinski definition) is 2. The molecule has 1 aromatic heterocycles. The number of aromatic nitrogens is 1. The Balaban J connectivity index is 1.62. The van der Waals surface area contributed by atoms with Crippen LogP contribution in [0.15, 0.2) is 53.7 Å². The van der Waals surface area contributed by atoms with Crippen LogP contribution in [0.1, 0.15) is 10.6 Å². The number of carboxylic acid groups (broad SMARTS) is 1. The Kier molecular flexibility index (Phi) is 4.72. The zero-order valence-corrected chi connectivity index (χ0v) is 13.4. The summed E-state index contributed by atoms with van der Waals surface area (Å²) < 4.78 is 6.83. The van der Waals surface area contributed by atoms with E-state index < -0.39 is 5.97 Å². The Labute approximate surface area is 141 Å². The number of para-hydroxylation sites is 1. The molecule has 0 amide bonds. The topological polar surface area (TPSA) is 92.0 Å². The molecule has 0 saturated heterocycles. The number of fused-ring (bicyclic) bond motifs is 1. The van der Waals surface area contributed by atoms with Gasteiger partial charge in [-0.1, -0.05) is 29.4 Å². The monoisotopic (exact) mass is 342 g/mol. The fourth-order valence-corrected chi connectivity index (χ4v) is 3.06. The Hall–Kier alpha value is -2.93. The zero-order chi connectivity index (χ0) is 16.9. The maximum atomic E-state index is 10.8. The minimum atomic E-state index is -1.24. The van der Waals surface area contributed by atoms with Gasteiger partial charge in [-0.25, -0.2) is 9.78 Å². The van der Waals surface area contributed by atoms with Crippen LogP contribution in [0.25, 0.3) is 10.2 Å². The number of carboxylic acids is 1. The van der Waals surface area contributed by atoms with Crippen molar-refractivity contribution >= 4 is 33.2 Å². The fraction of sp³-hybridized carbons (Fsp3) is 0.118. The predicted octanol–water partition coefficient (Wildman–Crippen LogP) is 3.33. The molecule has 1 heterocycles. The highest BCUT2D eigenvalue weighted by Crippen LogP contribution is 2.23. The molecule has 7 heteroatoms. The first-order valence-corrected chi connectivity index (χ1v) is 7.98. The van der Waals surface area contributed by atoms with Crippen LogP contribution in [-0.2, 0) is 17.8 Å². The maximum Gasteiger partial charge on any atom is 0.354 e. The molecule has 0 aliphatic rings. The first kappa shape index (κ1) is 15.9. The van der Waals surface area contributed by atoms with Crippen molar-refractivity contribution in [1.82, 2.24) is 4.98 Å². The minimum Gasteiger partial charge on any atom is -0.486 e. The number of oxime groups is 1. The van der Waals surface area contributed by atoms with E-state index in [2.05, 4.69) is 10.1 Å². The van der Waals surface area contributed by atoms with Gasteiger partial charge in [0.25, 0.3) is 0 Å². The Morgan fingerprint density at radius 3 is 2.58 bits per heavy atom. The average Bonchev–Trinajstić information content (AvgIpc) is 3.01. The summed E-state index contributed by atoms with van der Waals surface area (Å²) in [5.74, 6) is -0.579. The molecular weight excluding hydrogens is 328 g/mol. The molecule has 122 valence electrons. The molecule has 24 heavy (non-hydrogen) atoms. The average molecular weight is 342 g/mol. The molecule has 0 unspecified atom stereocenters. The number of benzene rings is 2. The Morgan fingerprint density at radius 2 is 1.92 bits per heavy atom. The van der Waals surface area contributed by atoms with Gasteiger partial charge in [-0.3, -0.25) is 0 Å². The third kappa shape index (κ3) is 3.69. The molecule has 0 radical (unpaired) electrons.